The van der Waals surface area contributed by atoms with E-state index >= 15 is 0 Å². The molecule has 0 saturated carbocycles. The molecule has 1 fully saturated rings. The van der Waals surface area contributed by atoms with Crippen molar-refractivity contribution in [2.75, 3.05) is 26.7 Å². The number of methoxy groups -OCH3 is 1. The van der Waals surface area contributed by atoms with Gasteiger partial charge in [0.05, 0.1) is 13.5 Å². The molecule has 0 bridgehead atoms. The average Bonchev–Trinajstić information content (AvgIpc) is 2.88. The van der Waals surface area contributed by atoms with Crippen LogP contribution in [0.5, 0.6) is 5.75 Å². The highest BCUT2D eigenvalue weighted by molar-refractivity contribution is 5.85. The summed E-state index contributed by atoms with van der Waals surface area (Å²) in [5, 5.41) is 0. The molecule has 0 aromatic heterocycles. The maximum Gasteiger partial charge on any atom is 0.227 e. The van der Waals surface area contributed by atoms with E-state index in [9.17, 15) is 4.79 Å². The lowest BCUT2D eigenvalue weighted by Gasteiger charge is -2.17. The van der Waals surface area contributed by atoms with Crippen molar-refractivity contribution >= 4 is 18.3 Å². The highest BCUT2D eigenvalue weighted by Crippen LogP contribution is 2.21. The Balaban J connectivity index is 0.00000180. The molecule has 19 heavy (non-hydrogen) atoms. The minimum absolute atomic E-state index is 0. The Morgan fingerprint density at radius 1 is 1.47 bits per heavy atom. The number of nitrogens with two attached hydrogens (primary N) is 1. The molecule has 1 aromatic rings. The van der Waals surface area contributed by atoms with Gasteiger partial charge in [0.1, 0.15) is 5.75 Å². The molecule has 4 nitrogen and oxygen atoms in total. The molecule has 1 aromatic carbocycles. The van der Waals surface area contributed by atoms with Gasteiger partial charge < -0.3 is 15.4 Å². The monoisotopic (exact) mass is 284 g/mol. The molecule has 1 amide bonds. The molecule has 1 atom stereocenters. The van der Waals surface area contributed by atoms with Gasteiger partial charge in [-0.2, -0.15) is 0 Å². The topological polar surface area (TPSA) is 55.6 Å². The van der Waals surface area contributed by atoms with Crippen LogP contribution in [0.25, 0.3) is 0 Å². The predicted molar refractivity (Wildman–Crippen MR) is 77.7 cm³/mol. The van der Waals surface area contributed by atoms with Crippen LogP contribution in [-0.4, -0.2) is 37.6 Å². The highest BCUT2D eigenvalue weighted by atomic mass is 35.5. The van der Waals surface area contributed by atoms with E-state index < -0.39 is 0 Å². The van der Waals surface area contributed by atoms with Gasteiger partial charge in [-0.25, -0.2) is 0 Å². The number of para-hydroxylation sites is 1. The summed E-state index contributed by atoms with van der Waals surface area (Å²) in [6, 6.07) is 7.66. The molecule has 2 N–H and O–H groups in total. The molecule has 5 heteroatoms. The summed E-state index contributed by atoms with van der Waals surface area (Å²) in [6.07, 6.45) is 1.43. The SMILES string of the molecule is COc1ccccc1CC(=O)N1CCC(CN)C1.Cl. The zero-order chi connectivity index (χ0) is 13.0. The number of rotatable bonds is 4. The minimum Gasteiger partial charge on any atom is -0.496 e. The van der Waals surface area contributed by atoms with Crippen LogP contribution in [-0.2, 0) is 11.2 Å². The van der Waals surface area contributed by atoms with Gasteiger partial charge >= 0.3 is 0 Å². The number of halogens is 1. The van der Waals surface area contributed by atoms with E-state index in [4.69, 9.17) is 10.5 Å². The van der Waals surface area contributed by atoms with Gasteiger partial charge in [0.15, 0.2) is 0 Å². The van der Waals surface area contributed by atoms with Crippen LogP contribution in [0, 0.1) is 5.92 Å². The van der Waals surface area contributed by atoms with E-state index in [-0.39, 0.29) is 18.3 Å². The molecule has 1 unspecified atom stereocenters. The third-order valence-corrected chi connectivity index (χ3v) is 3.51. The number of hydrogen-bond acceptors (Lipinski definition) is 3. The molecule has 1 aliphatic rings. The van der Waals surface area contributed by atoms with Gasteiger partial charge in [-0.1, -0.05) is 18.2 Å². The lowest BCUT2D eigenvalue weighted by atomic mass is 10.1. The van der Waals surface area contributed by atoms with Gasteiger partial charge in [-0.05, 0) is 24.9 Å². The van der Waals surface area contributed by atoms with Crippen LogP contribution in [0.3, 0.4) is 0 Å². The molecule has 0 radical (unpaired) electrons. The number of ether oxygens (including phenoxy) is 1. The van der Waals surface area contributed by atoms with Gasteiger partial charge in [-0.15, -0.1) is 12.4 Å². The van der Waals surface area contributed by atoms with E-state index in [0.29, 0.717) is 18.9 Å². The van der Waals surface area contributed by atoms with Crippen LogP contribution in [0.4, 0.5) is 0 Å². The fraction of sp³-hybridized carbons (Fsp3) is 0.500. The summed E-state index contributed by atoms with van der Waals surface area (Å²) in [5.41, 5.74) is 6.58. The normalized spacial score (nSPS) is 18.0. The lowest BCUT2D eigenvalue weighted by Crippen LogP contribution is -2.31. The number of benzene rings is 1. The number of amides is 1. The molecule has 1 aliphatic heterocycles. The van der Waals surface area contributed by atoms with E-state index in [2.05, 4.69) is 0 Å². The second-order valence-electron chi connectivity index (χ2n) is 4.72. The lowest BCUT2D eigenvalue weighted by molar-refractivity contribution is -0.129. The Morgan fingerprint density at radius 3 is 2.84 bits per heavy atom. The summed E-state index contributed by atoms with van der Waals surface area (Å²) in [6.45, 7) is 2.29. The molecule has 1 saturated heterocycles. The van der Waals surface area contributed by atoms with Crippen LogP contribution < -0.4 is 10.5 Å². The van der Waals surface area contributed by atoms with Crippen LogP contribution in [0.1, 0.15) is 12.0 Å². The largest absolute Gasteiger partial charge is 0.496 e. The molecule has 0 aliphatic carbocycles. The number of hydrogen-bond donors (Lipinski definition) is 1. The second-order valence-corrected chi connectivity index (χ2v) is 4.72. The van der Waals surface area contributed by atoms with Crippen LogP contribution in [0.2, 0.25) is 0 Å². The summed E-state index contributed by atoms with van der Waals surface area (Å²) in [5.74, 6) is 1.41. The van der Waals surface area contributed by atoms with Crippen LogP contribution in [0.15, 0.2) is 24.3 Å². The van der Waals surface area contributed by atoms with Crippen molar-refractivity contribution in [3.63, 3.8) is 0 Å². The summed E-state index contributed by atoms with van der Waals surface area (Å²) >= 11 is 0. The van der Waals surface area contributed by atoms with Gasteiger partial charge in [0.25, 0.3) is 0 Å². The van der Waals surface area contributed by atoms with Crippen LogP contribution >= 0.6 is 12.4 Å². The first-order chi connectivity index (χ1) is 8.74. The summed E-state index contributed by atoms with van der Waals surface area (Å²) < 4.78 is 5.26. The zero-order valence-corrected chi connectivity index (χ0v) is 12.0. The standard InChI is InChI=1S/C14H20N2O2.ClH/c1-18-13-5-3-2-4-12(13)8-14(17)16-7-6-11(9-15)10-16;/h2-5,11H,6-10,15H2,1H3;1H. The van der Waals surface area contributed by atoms with E-state index in [0.717, 1.165) is 30.8 Å². The first kappa shape index (κ1) is 15.8. The Hall–Kier alpha value is -1.26. The third kappa shape index (κ3) is 3.85. The van der Waals surface area contributed by atoms with Crippen molar-refractivity contribution < 1.29 is 9.53 Å². The van der Waals surface area contributed by atoms with Crippen molar-refractivity contribution in [1.82, 2.24) is 4.90 Å². The first-order valence-electron chi connectivity index (χ1n) is 6.34. The van der Waals surface area contributed by atoms with Crippen molar-refractivity contribution in [2.45, 2.75) is 12.8 Å². The molecular formula is C14H21ClN2O2. The number of carbonyl (C=O) groups excluding carboxylic acids is 1. The number of likely N-dealkylation sites (tertiary alicyclic amines) is 1. The molecular weight excluding hydrogens is 264 g/mol. The Bertz CT molecular complexity index is 426. The second kappa shape index (κ2) is 7.36. The predicted octanol–water partition coefficient (Wildman–Crippen LogP) is 1.47. The molecule has 1 heterocycles. The van der Waals surface area contributed by atoms with Crippen molar-refractivity contribution in [2.24, 2.45) is 11.7 Å². The van der Waals surface area contributed by atoms with Gasteiger partial charge in [0, 0.05) is 18.7 Å². The summed E-state index contributed by atoms with van der Waals surface area (Å²) in [7, 11) is 1.63. The quantitative estimate of drug-likeness (QED) is 0.911. The minimum atomic E-state index is 0. The number of carbonyl (C=O) groups is 1. The van der Waals surface area contributed by atoms with E-state index in [1.807, 2.05) is 29.2 Å². The fourth-order valence-electron chi connectivity index (χ4n) is 2.38. The van der Waals surface area contributed by atoms with E-state index in [1.165, 1.54) is 0 Å². The molecule has 0 spiro atoms. The maximum absolute atomic E-state index is 12.2. The Morgan fingerprint density at radius 2 is 2.21 bits per heavy atom. The van der Waals surface area contributed by atoms with E-state index in [1.54, 1.807) is 7.11 Å². The zero-order valence-electron chi connectivity index (χ0n) is 11.2. The maximum atomic E-state index is 12.2. The molecule has 106 valence electrons. The van der Waals surface area contributed by atoms with Crippen molar-refractivity contribution in [3.05, 3.63) is 29.8 Å². The van der Waals surface area contributed by atoms with Gasteiger partial charge in [-0.3, -0.25) is 4.79 Å². The fourth-order valence-corrected chi connectivity index (χ4v) is 2.38. The average molecular weight is 285 g/mol. The van der Waals surface area contributed by atoms with Gasteiger partial charge in [0.2, 0.25) is 5.91 Å². The van der Waals surface area contributed by atoms with Crippen molar-refractivity contribution in [1.29, 1.82) is 0 Å². The summed E-state index contributed by atoms with van der Waals surface area (Å²) in [4.78, 5) is 14.1. The van der Waals surface area contributed by atoms with Crippen molar-refractivity contribution in [3.8, 4) is 5.75 Å². The third-order valence-electron chi connectivity index (χ3n) is 3.51. The first-order valence-corrected chi connectivity index (χ1v) is 6.34. The Labute approximate surface area is 120 Å². The highest BCUT2D eigenvalue weighted by Gasteiger charge is 2.25. The molecule has 2 rings (SSSR count). The Kier molecular flexibility index (Phi) is 6.12. The smallest absolute Gasteiger partial charge is 0.227 e. The number of nitrogens with zero attached hydrogens (tertiary/aromatic N) is 1.